The highest BCUT2D eigenvalue weighted by Gasteiger charge is 2.24. The van der Waals surface area contributed by atoms with E-state index in [4.69, 9.17) is 0 Å². The Kier molecular flexibility index (Phi) is 4.31. The maximum atomic E-state index is 12.4. The third-order valence-electron chi connectivity index (χ3n) is 4.30. The van der Waals surface area contributed by atoms with E-state index in [1.54, 1.807) is 0 Å². The highest BCUT2D eigenvalue weighted by Crippen LogP contribution is 2.14. The van der Waals surface area contributed by atoms with Crippen molar-refractivity contribution in [1.29, 1.82) is 0 Å². The van der Waals surface area contributed by atoms with Crippen LogP contribution in [0.15, 0.2) is 35.5 Å². The van der Waals surface area contributed by atoms with Crippen molar-refractivity contribution >= 4 is 5.91 Å². The van der Waals surface area contributed by atoms with E-state index >= 15 is 0 Å². The molecule has 0 bridgehead atoms. The molecule has 3 rings (SSSR count). The minimum absolute atomic E-state index is 0.212. The monoisotopic (exact) mass is 286 g/mol. The van der Waals surface area contributed by atoms with Crippen molar-refractivity contribution in [2.24, 2.45) is 0 Å². The first-order valence-electron chi connectivity index (χ1n) is 7.55. The van der Waals surface area contributed by atoms with Crippen LogP contribution in [-0.4, -0.2) is 60.0 Å². The second-order valence-electron chi connectivity index (χ2n) is 5.72. The van der Waals surface area contributed by atoms with E-state index in [9.17, 15) is 4.79 Å². The first-order chi connectivity index (χ1) is 10.2. The number of pyridine rings is 1. The van der Waals surface area contributed by atoms with Crippen molar-refractivity contribution < 1.29 is 4.79 Å². The van der Waals surface area contributed by atoms with Crippen molar-refractivity contribution in [3.8, 4) is 0 Å². The van der Waals surface area contributed by atoms with Crippen molar-refractivity contribution in [2.75, 3.05) is 39.3 Å². The van der Waals surface area contributed by atoms with Gasteiger partial charge in [-0.1, -0.05) is 6.07 Å². The molecule has 5 nitrogen and oxygen atoms in total. The molecule has 1 amide bonds. The Morgan fingerprint density at radius 2 is 2.00 bits per heavy atom. The van der Waals surface area contributed by atoms with Gasteiger partial charge in [0.1, 0.15) is 0 Å². The SMILES string of the molecule is CC(C(=O)N1CCN(Cc2ccccn2)CC1)=C1CNC1. The van der Waals surface area contributed by atoms with Gasteiger partial charge in [0.25, 0.3) is 0 Å². The second-order valence-corrected chi connectivity index (χ2v) is 5.72. The highest BCUT2D eigenvalue weighted by molar-refractivity contribution is 5.94. The minimum atomic E-state index is 0.212. The molecule has 0 atom stereocenters. The molecule has 1 N–H and O–H groups in total. The molecule has 2 aliphatic heterocycles. The minimum Gasteiger partial charge on any atom is -0.336 e. The smallest absolute Gasteiger partial charge is 0.249 e. The number of nitrogens with zero attached hydrogens (tertiary/aromatic N) is 3. The van der Waals surface area contributed by atoms with E-state index in [1.807, 2.05) is 30.2 Å². The summed E-state index contributed by atoms with van der Waals surface area (Å²) in [6.07, 6.45) is 1.83. The van der Waals surface area contributed by atoms with Crippen LogP contribution in [0.2, 0.25) is 0 Å². The topological polar surface area (TPSA) is 48.5 Å². The van der Waals surface area contributed by atoms with Crippen LogP contribution in [0.5, 0.6) is 0 Å². The zero-order chi connectivity index (χ0) is 14.7. The molecule has 0 aromatic carbocycles. The lowest BCUT2D eigenvalue weighted by Crippen LogP contribution is -2.49. The lowest BCUT2D eigenvalue weighted by atomic mass is 10.0. The van der Waals surface area contributed by atoms with Crippen molar-refractivity contribution in [3.63, 3.8) is 0 Å². The van der Waals surface area contributed by atoms with Gasteiger partial charge in [-0.2, -0.15) is 0 Å². The number of hydrogen-bond donors (Lipinski definition) is 1. The number of carbonyl (C=O) groups excluding carboxylic acids is 1. The summed E-state index contributed by atoms with van der Waals surface area (Å²) >= 11 is 0. The zero-order valence-electron chi connectivity index (χ0n) is 12.5. The Morgan fingerprint density at radius 3 is 2.57 bits per heavy atom. The lowest BCUT2D eigenvalue weighted by molar-refractivity contribution is -0.129. The Hall–Kier alpha value is -1.72. The van der Waals surface area contributed by atoms with Crippen molar-refractivity contribution in [2.45, 2.75) is 13.5 Å². The predicted octanol–water partition coefficient (Wildman–Crippen LogP) is 0.646. The van der Waals surface area contributed by atoms with Crippen LogP contribution >= 0.6 is 0 Å². The van der Waals surface area contributed by atoms with Crippen molar-refractivity contribution in [3.05, 3.63) is 41.2 Å². The van der Waals surface area contributed by atoms with Gasteiger partial charge in [-0.3, -0.25) is 14.7 Å². The quantitative estimate of drug-likeness (QED) is 0.829. The van der Waals surface area contributed by atoms with E-state index in [1.165, 1.54) is 5.57 Å². The maximum absolute atomic E-state index is 12.4. The summed E-state index contributed by atoms with van der Waals surface area (Å²) in [6, 6.07) is 6.01. The van der Waals surface area contributed by atoms with E-state index in [0.717, 1.165) is 57.1 Å². The van der Waals surface area contributed by atoms with Crippen LogP contribution in [0, 0.1) is 0 Å². The summed E-state index contributed by atoms with van der Waals surface area (Å²) in [5, 5.41) is 3.19. The first kappa shape index (κ1) is 14.2. The number of hydrogen-bond acceptors (Lipinski definition) is 4. The Bertz CT molecular complexity index is 526. The Balaban J connectivity index is 1.52. The molecule has 0 aliphatic carbocycles. The average molecular weight is 286 g/mol. The van der Waals surface area contributed by atoms with Gasteiger partial charge < -0.3 is 10.2 Å². The molecular weight excluding hydrogens is 264 g/mol. The molecule has 5 heteroatoms. The van der Waals surface area contributed by atoms with E-state index in [0.29, 0.717) is 0 Å². The number of piperazine rings is 1. The molecule has 0 radical (unpaired) electrons. The van der Waals surface area contributed by atoms with E-state index in [-0.39, 0.29) is 5.91 Å². The standard InChI is InChI=1S/C16H22N4O/c1-13(14-10-17-11-14)16(21)20-8-6-19(7-9-20)12-15-4-2-3-5-18-15/h2-5,17H,6-12H2,1H3. The summed E-state index contributed by atoms with van der Waals surface area (Å²) in [5.74, 6) is 0.212. The number of rotatable bonds is 3. The molecule has 3 heterocycles. The molecule has 1 aromatic rings. The normalized spacial score (nSPS) is 19.3. The average Bonchev–Trinajstić information content (AvgIpc) is 2.46. The number of aromatic nitrogens is 1. The predicted molar refractivity (Wildman–Crippen MR) is 81.7 cm³/mol. The third kappa shape index (κ3) is 3.31. The highest BCUT2D eigenvalue weighted by atomic mass is 16.2. The second kappa shape index (κ2) is 6.37. The van der Waals surface area contributed by atoms with Crippen LogP contribution < -0.4 is 5.32 Å². The van der Waals surface area contributed by atoms with Crippen LogP contribution in [0.1, 0.15) is 12.6 Å². The molecule has 1 aromatic heterocycles. The molecular formula is C16H22N4O. The van der Waals surface area contributed by atoms with Gasteiger partial charge in [0.2, 0.25) is 5.91 Å². The largest absolute Gasteiger partial charge is 0.336 e. The van der Waals surface area contributed by atoms with Crippen molar-refractivity contribution in [1.82, 2.24) is 20.1 Å². The molecule has 2 fully saturated rings. The number of amides is 1. The first-order valence-corrected chi connectivity index (χ1v) is 7.55. The molecule has 21 heavy (non-hydrogen) atoms. The van der Waals surface area contributed by atoms with Gasteiger partial charge in [0, 0.05) is 57.6 Å². The van der Waals surface area contributed by atoms with Gasteiger partial charge in [0.15, 0.2) is 0 Å². The summed E-state index contributed by atoms with van der Waals surface area (Å²) in [4.78, 5) is 21.1. The fraction of sp³-hybridized carbons (Fsp3) is 0.500. The Morgan fingerprint density at radius 1 is 1.24 bits per heavy atom. The molecule has 112 valence electrons. The van der Waals surface area contributed by atoms with Gasteiger partial charge in [-0.15, -0.1) is 0 Å². The molecule has 2 saturated heterocycles. The van der Waals surface area contributed by atoms with Crippen LogP contribution in [0.4, 0.5) is 0 Å². The molecule has 0 spiro atoms. The zero-order valence-corrected chi connectivity index (χ0v) is 12.5. The molecule has 0 saturated carbocycles. The third-order valence-corrected chi connectivity index (χ3v) is 4.30. The lowest BCUT2D eigenvalue weighted by Gasteiger charge is -2.35. The fourth-order valence-electron chi connectivity index (χ4n) is 2.73. The summed E-state index contributed by atoms with van der Waals surface area (Å²) in [7, 11) is 0. The van der Waals surface area contributed by atoms with Gasteiger partial charge >= 0.3 is 0 Å². The summed E-state index contributed by atoms with van der Waals surface area (Å²) < 4.78 is 0. The summed E-state index contributed by atoms with van der Waals surface area (Å²) in [6.45, 7) is 8.03. The van der Waals surface area contributed by atoms with Crippen LogP contribution in [0.3, 0.4) is 0 Å². The maximum Gasteiger partial charge on any atom is 0.249 e. The van der Waals surface area contributed by atoms with E-state index < -0.39 is 0 Å². The number of nitrogens with one attached hydrogen (secondary N) is 1. The molecule has 2 aliphatic rings. The van der Waals surface area contributed by atoms with Gasteiger partial charge in [-0.25, -0.2) is 0 Å². The molecule has 0 unspecified atom stereocenters. The fourth-order valence-corrected chi connectivity index (χ4v) is 2.73. The van der Waals surface area contributed by atoms with Gasteiger partial charge in [0.05, 0.1) is 5.69 Å². The van der Waals surface area contributed by atoms with Crippen LogP contribution in [-0.2, 0) is 11.3 Å². The van der Waals surface area contributed by atoms with Crippen LogP contribution in [0.25, 0.3) is 0 Å². The number of carbonyl (C=O) groups is 1. The summed E-state index contributed by atoms with van der Waals surface area (Å²) in [5.41, 5.74) is 3.29. The van der Waals surface area contributed by atoms with Gasteiger partial charge in [-0.05, 0) is 24.6 Å². The Labute approximate surface area is 125 Å². The van der Waals surface area contributed by atoms with E-state index in [2.05, 4.69) is 21.3 Å².